The highest BCUT2D eigenvalue weighted by Gasteiger charge is 2.23. The molecule has 0 bridgehead atoms. The van der Waals surface area contributed by atoms with Crippen LogP contribution >= 0.6 is 11.8 Å². The number of hydrogen-bond donors (Lipinski definition) is 0. The smallest absolute Gasteiger partial charge is 0.200 e. The summed E-state index contributed by atoms with van der Waals surface area (Å²) in [5, 5.41) is 4.80. The molecule has 2 aromatic rings. The minimum atomic E-state index is 0.470. The highest BCUT2D eigenvalue weighted by molar-refractivity contribution is 7.98. The summed E-state index contributed by atoms with van der Waals surface area (Å²) in [5.41, 5.74) is 0.861. The molecular formula is C16H23N5S. The number of aromatic nitrogens is 4. The van der Waals surface area contributed by atoms with E-state index in [-0.39, 0.29) is 0 Å². The van der Waals surface area contributed by atoms with Crippen molar-refractivity contribution in [1.29, 1.82) is 0 Å². The van der Waals surface area contributed by atoms with Gasteiger partial charge in [0.15, 0.2) is 5.82 Å². The van der Waals surface area contributed by atoms with Crippen LogP contribution in [-0.2, 0) is 6.42 Å². The van der Waals surface area contributed by atoms with Crippen molar-refractivity contribution in [3.63, 3.8) is 0 Å². The Balaban J connectivity index is 1.88. The topological polar surface area (TPSA) is 46.8 Å². The molecule has 5 nitrogen and oxygen atoms in total. The second-order valence-corrected chi connectivity index (χ2v) is 6.77. The number of hydrogen-bond acceptors (Lipinski definition) is 5. The zero-order chi connectivity index (χ0) is 15.4. The molecule has 0 unspecified atom stereocenters. The first-order chi connectivity index (χ1) is 10.8. The molecular weight excluding hydrogens is 294 g/mol. The standard InChI is InChI=1S/C16H23N5S/c1-20-10-6-13(7-11-20)21-15(8-12-22-2)18-16(19-21)14-5-3-4-9-17-14/h3-5,9,13H,6-8,10-12H2,1-2H3. The summed E-state index contributed by atoms with van der Waals surface area (Å²) in [6.07, 6.45) is 7.19. The molecule has 22 heavy (non-hydrogen) atoms. The fourth-order valence-electron chi connectivity index (χ4n) is 2.85. The van der Waals surface area contributed by atoms with Gasteiger partial charge in [-0.05, 0) is 51.4 Å². The van der Waals surface area contributed by atoms with Gasteiger partial charge in [0.05, 0.1) is 6.04 Å². The number of aryl methyl sites for hydroxylation is 1. The molecule has 1 saturated heterocycles. The van der Waals surface area contributed by atoms with Gasteiger partial charge in [-0.15, -0.1) is 5.10 Å². The maximum Gasteiger partial charge on any atom is 0.200 e. The van der Waals surface area contributed by atoms with Gasteiger partial charge in [0.1, 0.15) is 11.5 Å². The maximum absolute atomic E-state index is 4.80. The molecule has 1 fully saturated rings. The molecule has 0 radical (unpaired) electrons. The molecule has 0 amide bonds. The maximum atomic E-state index is 4.80. The van der Waals surface area contributed by atoms with Crippen LogP contribution in [0.4, 0.5) is 0 Å². The first-order valence-corrected chi connectivity index (χ1v) is 9.21. The van der Waals surface area contributed by atoms with E-state index in [0.29, 0.717) is 6.04 Å². The molecule has 0 aromatic carbocycles. The third-order valence-electron chi connectivity index (χ3n) is 4.16. The van der Waals surface area contributed by atoms with Crippen molar-refractivity contribution in [2.45, 2.75) is 25.3 Å². The lowest BCUT2D eigenvalue weighted by Crippen LogP contribution is -2.32. The summed E-state index contributed by atoms with van der Waals surface area (Å²) >= 11 is 1.85. The summed E-state index contributed by atoms with van der Waals surface area (Å²) in [6.45, 7) is 2.26. The second kappa shape index (κ2) is 7.24. The Hall–Kier alpha value is -1.40. The Kier molecular flexibility index (Phi) is 5.10. The number of likely N-dealkylation sites (tertiary alicyclic amines) is 1. The lowest BCUT2D eigenvalue weighted by atomic mass is 10.1. The van der Waals surface area contributed by atoms with Gasteiger partial charge >= 0.3 is 0 Å². The van der Waals surface area contributed by atoms with E-state index in [9.17, 15) is 0 Å². The molecule has 0 aliphatic carbocycles. The summed E-state index contributed by atoms with van der Waals surface area (Å²) in [7, 11) is 2.19. The Morgan fingerprint density at radius 2 is 2.09 bits per heavy atom. The SMILES string of the molecule is CSCCc1nc(-c2ccccn2)nn1C1CCN(C)CC1. The van der Waals surface area contributed by atoms with E-state index < -0.39 is 0 Å². The Labute approximate surface area is 136 Å². The summed E-state index contributed by atoms with van der Waals surface area (Å²) in [4.78, 5) is 11.5. The molecule has 1 aliphatic rings. The summed E-state index contributed by atoms with van der Waals surface area (Å²) in [6, 6.07) is 6.36. The number of pyridine rings is 1. The lowest BCUT2D eigenvalue weighted by Gasteiger charge is -2.29. The Bertz CT molecular complexity index is 590. The van der Waals surface area contributed by atoms with Gasteiger partial charge in [-0.25, -0.2) is 9.67 Å². The normalized spacial score (nSPS) is 17.0. The lowest BCUT2D eigenvalue weighted by molar-refractivity contribution is 0.209. The van der Waals surface area contributed by atoms with Crippen LogP contribution in [0.2, 0.25) is 0 Å². The van der Waals surface area contributed by atoms with Gasteiger partial charge in [0.25, 0.3) is 0 Å². The van der Waals surface area contributed by atoms with Crippen molar-refractivity contribution in [3.8, 4) is 11.5 Å². The van der Waals surface area contributed by atoms with Gasteiger partial charge in [-0.1, -0.05) is 6.07 Å². The van der Waals surface area contributed by atoms with Crippen molar-refractivity contribution >= 4 is 11.8 Å². The van der Waals surface area contributed by atoms with Gasteiger partial charge in [0.2, 0.25) is 0 Å². The monoisotopic (exact) mass is 317 g/mol. The predicted molar refractivity (Wildman–Crippen MR) is 91.1 cm³/mol. The minimum absolute atomic E-state index is 0.470. The highest BCUT2D eigenvalue weighted by Crippen LogP contribution is 2.24. The molecule has 6 heteroatoms. The van der Waals surface area contributed by atoms with Crippen LogP contribution < -0.4 is 0 Å². The van der Waals surface area contributed by atoms with Crippen LogP contribution in [0.5, 0.6) is 0 Å². The van der Waals surface area contributed by atoms with Gasteiger partial charge in [-0.3, -0.25) is 4.98 Å². The zero-order valence-corrected chi connectivity index (χ0v) is 14.1. The van der Waals surface area contributed by atoms with E-state index in [1.807, 2.05) is 30.0 Å². The first kappa shape index (κ1) is 15.5. The van der Waals surface area contributed by atoms with Crippen LogP contribution in [0.15, 0.2) is 24.4 Å². The van der Waals surface area contributed by atoms with E-state index in [1.165, 1.54) is 0 Å². The van der Waals surface area contributed by atoms with E-state index in [4.69, 9.17) is 10.1 Å². The third kappa shape index (κ3) is 3.50. The van der Waals surface area contributed by atoms with Crippen LogP contribution in [0, 0.1) is 0 Å². The van der Waals surface area contributed by atoms with Crippen molar-refractivity contribution in [1.82, 2.24) is 24.6 Å². The van der Waals surface area contributed by atoms with E-state index in [0.717, 1.165) is 55.4 Å². The average molecular weight is 317 g/mol. The van der Waals surface area contributed by atoms with Crippen LogP contribution in [-0.4, -0.2) is 56.8 Å². The molecule has 0 spiro atoms. The van der Waals surface area contributed by atoms with Crippen molar-refractivity contribution in [2.75, 3.05) is 32.1 Å². The molecule has 0 N–H and O–H groups in total. The van der Waals surface area contributed by atoms with Crippen molar-refractivity contribution in [3.05, 3.63) is 30.2 Å². The summed E-state index contributed by atoms with van der Waals surface area (Å²) in [5.74, 6) is 2.94. The average Bonchev–Trinajstić information content (AvgIpc) is 2.98. The fraction of sp³-hybridized carbons (Fsp3) is 0.562. The first-order valence-electron chi connectivity index (χ1n) is 7.82. The quantitative estimate of drug-likeness (QED) is 0.848. The van der Waals surface area contributed by atoms with Gasteiger partial charge in [-0.2, -0.15) is 11.8 Å². The van der Waals surface area contributed by atoms with Crippen LogP contribution in [0.1, 0.15) is 24.7 Å². The molecule has 1 aliphatic heterocycles. The molecule has 3 rings (SSSR count). The van der Waals surface area contributed by atoms with Gasteiger partial charge < -0.3 is 4.90 Å². The van der Waals surface area contributed by atoms with Gasteiger partial charge in [0, 0.05) is 18.4 Å². The molecule has 3 heterocycles. The predicted octanol–water partition coefficient (Wildman–Crippen LogP) is 2.51. The van der Waals surface area contributed by atoms with Crippen LogP contribution in [0.3, 0.4) is 0 Å². The third-order valence-corrected chi connectivity index (χ3v) is 4.77. The second-order valence-electron chi connectivity index (χ2n) is 5.79. The molecule has 2 aromatic heterocycles. The van der Waals surface area contributed by atoms with Crippen molar-refractivity contribution in [2.24, 2.45) is 0 Å². The minimum Gasteiger partial charge on any atom is -0.306 e. The fourth-order valence-corrected chi connectivity index (χ4v) is 3.24. The number of piperidine rings is 1. The van der Waals surface area contributed by atoms with Crippen molar-refractivity contribution < 1.29 is 0 Å². The Morgan fingerprint density at radius 1 is 1.27 bits per heavy atom. The molecule has 0 atom stereocenters. The van der Waals surface area contributed by atoms with E-state index in [2.05, 4.69) is 27.9 Å². The summed E-state index contributed by atoms with van der Waals surface area (Å²) < 4.78 is 2.17. The number of nitrogens with zero attached hydrogens (tertiary/aromatic N) is 5. The zero-order valence-electron chi connectivity index (χ0n) is 13.3. The Morgan fingerprint density at radius 3 is 2.77 bits per heavy atom. The van der Waals surface area contributed by atoms with E-state index >= 15 is 0 Å². The van der Waals surface area contributed by atoms with E-state index in [1.54, 1.807) is 6.20 Å². The molecule has 118 valence electrons. The molecule has 0 saturated carbocycles. The largest absolute Gasteiger partial charge is 0.306 e. The number of thioether (sulfide) groups is 1. The number of rotatable bonds is 5. The van der Waals surface area contributed by atoms with Crippen LogP contribution in [0.25, 0.3) is 11.5 Å². The highest BCUT2D eigenvalue weighted by atomic mass is 32.2.